The van der Waals surface area contributed by atoms with Gasteiger partial charge >= 0.3 is 5.97 Å². The maximum atomic E-state index is 12.9. The molecule has 4 rings (SSSR count). The van der Waals surface area contributed by atoms with Gasteiger partial charge in [0, 0.05) is 22.3 Å². The van der Waals surface area contributed by atoms with E-state index in [1.807, 2.05) is 40.7 Å². The van der Waals surface area contributed by atoms with Crippen LogP contribution in [0.3, 0.4) is 0 Å². The average Bonchev–Trinajstić information content (AvgIpc) is 3.33. The van der Waals surface area contributed by atoms with Crippen LogP contribution in [-0.2, 0) is 22.4 Å². The molecule has 2 aromatic rings. The predicted octanol–water partition coefficient (Wildman–Crippen LogP) is 5.66. The summed E-state index contributed by atoms with van der Waals surface area (Å²) in [7, 11) is 0. The Balaban J connectivity index is 1.80. The predicted molar refractivity (Wildman–Crippen MR) is 129 cm³/mol. The zero-order chi connectivity index (χ0) is 23.2. The SMILES string of the molecule is CCOC(=O)c1c(-n2c(C)cc(/C=C3/SC(=O)N(C(C)C)C3=O)c2C)sc2c1CCCC2. The number of carbonyl (C=O) groups is 3. The fraction of sp³-hybridized carbons (Fsp3) is 0.458. The number of imide groups is 1. The maximum Gasteiger partial charge on any atom is 0.341 e. The van der Waals surface area contributed by atoms with Crippen LogP contribution in [0.25, 0.3) is 11.1 Å². The van der Waals surface area contributed by atoms with Gasteiger partial charge in [-0.15, -0.1) is 11.3 Å². The van der Waals surface area contributed by atoms with E-state index in [-0.39, 0.29) is 23.2 Å². The van der Waals surface area contributed by atoms with Crippen molar-refractivity contribution in [1.82, 2.24) is 9.47 Å². The molecule has 1 saturated heterocycles. The third-order valence-corrected chi connectivity index (χ3v) is 8.09. The minimum atomic E-state index is -0.269. The quantitative estimate of drug-likeness (QED) is 0.415. The van der Waals surface area contributed by atoms with E-state index in [4.69, 9.17) is 4.74 Å². The number of carbonyl (C=O) groups excluding carboxylic acids is 3. The second-order valence-electron chi connectivity index (χ2n) is 8.42. The lowest BCUT2D eigenvalue weighted by atomic mass is 9.95. The molecule has 1 fully saturated rings. The van der Waals surface area contributed by atoms with Gasteiger partial charge in [0.2, 0.25) is 0 Å². The highest BCUT2D eigenvalue weighted by molar-refractivity contribution is 8.18. The van der Waals surface area contributed by atoms with Crippen LogP contribution >= 0.6 is 23.1 Å². The van der Waals surface area contributed by atoms with Gasteiger partial charge in [-0.3, -0.25) is 14.5 Å². The van der Waals surface area contributed by atoms with Crippen molar-refractivity contribution in [2.45, 2.75) is 66.3 Å². The first kappa shape index (κ1) is 22.9. The fourth-order valence-electron chi connectivity index (χ4n) is 4.44. The molecule has 0 radical (unpaired) electrons. The highest BCUT2D eigenvalue weighted by atomic mass is 32.2. The smallest absolute Gasteiger partial charge is 0.341 e. The molecule has 0 saturated carbocycles. The highest BCUT2D eigenvalue weighted by Gasteiger charge is 2.37. The van der Waals surface area contributed by atoms with Crippen LogP contribution in [0, 0.1) is 13.8 Å². The molecule has 0 N–H and O–H groups in total. The average molecular weight is 473 g/mol. The van der Waals surface area contributed by atoms with Crippen molar-refractivity contribution in [3.8, 4) is 5.00 Å². The van der Waals surface area contributed by atoms with Gasteiger partial charge in [-0.25, -0.2) is 4.79 Å². The standard InChI is InChI=1S/C24H28N2O4S2/c1-6-30-23(28)20-17-9-7-8-10-18(17)31-22(20)26-14(4)11-16(15(26)5)12-19-21(27)25(13(2)3)24(29)32-19/h11-13H,6-10H2,1-5H3/b19-12+. The van der Waals surface area contributed by atoms with Gasteiger partial charge in [0.05, 0.1) is 17.1 Å². The molecule has 170 valence electrons. The van der Waals surface area contributed by atoms with Gasteiger partial charge in [-0.1, -0.05) is 0 Å². The third kappa shape index (κ3) is 3.83. The molecule has 3 heterocycles. The first-order valence-electron chi connectivity index (χ1n) is 11.0. The van der Waals surface area contributed by atoms with Gasteiger partial charge in [0.15, 0.2) is 0 Å². The number of nitrogens with zero attached hydrogens (tertiary/aromatic N) is 2. The number of rotatable bonds is 5. The summed E-state index contributed by atoms with van der Waals surface area (Å²) in [6.45, 7) is 9.81. The zero-order valence-electron chi connectivity index (χ0n) is 19.1. The van der Waals surface area contributed by atoms with Gasteiger partial charge in [0.1, 0.15) is 5.00 Å². The summed E-state index contributed by atoms with van der Waals surface area (Å²) in [6.07, 6.45) is 5.89. The third-order valence-electron chi connectivity index (χ3n) is 5.93. The molecule has 1 aliphatic heterocycles. The van der Waals surface area contributed by atoms with E-state index in [0.29, 0.717) is 17.1 Å². The molecule has 32 heavy (non-hydrogen) atoms. The summed E-state index contributed by atoms with van der Waals surface area (Å²) >= 11 is 2.64. The number of fused-ring (bicyclic) bond motifs is 1. The Bertz CT molecular complexity index is 1140. The van der Waals surface area contributed by atoms with Crippen molar-refractivity contribution in [2.24, 2.45) is 0 Å². The Hall–Kier alpha value is -2.32. The Kier molecular flexibility index (Phi) is 6.36. The molecular formula is C24H28N2O4S2. The number of aryl methyl sites for hydroxylation is 2. The number of esters is 1. The maximum absolute atomic E-state index is 12.9. The molecule has 2 aliphatic rings. The van der Waals surface area contributed by atoms with E-state index in [1.165, 1.54) is 9.78 Å². The molecular weight excluding hydrogens is 444 g/mol. The normalized spacial score (nSPS) is 17.6. The van der Waals surface area contributed by atoms with Gasteiger partial charge < -0.3 is 9.30 Å². The monoisotopic (exact) mass is 472 g/mol. The van der Waals surface area contributed by atoms with Crippen molar-refractivity contribution in [3.63, 3.8) is 0 Å². The van der Waals surface area contributed by atoms with Gasteiger partial charge in [-0.05, 0) is 95.3 Å². The van der Waals surface area contributed by atoms with Crippen molar-refractivity contribution in [1.29, 1.82) is 0 Å². The van der Waals surface area contributed by atoms with Crippen LogP contribution in [0.1, 0.15) is 71.4 Å². The number of hydrogen-bond donors (Lipinski definition) is 0. The number of ether oxygens (including phenoxy) is 1. The first-order valence-corrected chi connectivity index (χ1v) is 12.7. The van der Waals surface area contributed by atoms with E-state index in [1.54, 1.807) is 17.4 Å². The van der Waals surface area contributed by atoms with Crippen LogP contribution in [0.15, 0.2) is 11.0 Å². The van der Waals surface area contributed by atoms with Crippen molar-refractivity contribution in [2.75, 3.05) is 6.61 Å². The minimum Gasteiger partial charge on any atom is -0.462 e. The molecule has 0 unspecified atom stereocenters. The van der Waals surface area contributed by atoms with Crippen molar-refractivity contribution >= 4 is 46.3 Å². The molecule has 0 bridgehead atoms. The molecule has 0 atom stereocenters. The number of thioether (sulfide) groups is 1. The largest absolute Gasteiger partial charge is 0.462 e. The van der Waals surface area contributed by atoms with Crippen LogP contribution in [0.5, 0.6) is 0 Å². The summed E-state index contributed by atoms with van der Waals surface area (Å²) in [4.78, 5) is 40.9. The summed E-state index contributed by atoms with van der Waals surface area (Å²) < 4.78 is 7.51. The van der Waals surface area contributed by atoms with Crippen LogP contribution in [-0.4, -0.2) is 39.2 Å². The lowest BCUT2D eigenvalue weighted by Crippen LogP contribution is -2.34. The lowest BCUT2D eigenvalue weighted by molar-refractivity contribution is -0.123. The van der Waals surface area contributed by atoms with Gasteiger partial charge in [0.25, 0.3) is 11.1 Å². The summed E-state index contributed by atoms with van der Waals surface area (Å²) in [6, 6.07) is 1.83. The summed E-state index contributed by atoms with van der Waals surface area (Å²) in [5.74, 6) is -0.521. The Morgan fingerprint density at radius 3 is 2.59 bits per heavy atom. The first-order chi connectivity index (χ1) is 15.2. The van der Waals surface area contributed by atoms with Crippen LogP contribution < -0.4 is 0 Å². The van der Waals surface area contributed by atoms with Crippen LogP contribution in [0.2, 0.25) is 0 Å². The topological polar surface area (TPSA) is 68.6 Å². The van der Waals surface area contributed by atoms with Crippen LogP contribution in [0.4, 0.5) is 4.79 Å². The Morgan fingerprint density at radius 1 is 1.22 bits per heavy atom. The number of aromatic nitrogens is 1. The molecule has 2 aromatic heterocycles. The summed E-state index contributed by atoms with van der Waals surface area (Å²) in [5, 5.41) is 0.654. The second kappa shape index (κ2) is 8.90. The van der Waals surface area contributed by atoms with E-state index in [2.05, 4.69) is 4.57 Å². The number of amides is 2. The van der Waals surface area contributed by atoms with E-state index < -0.39 is 0 Å². The minimum absolute atomic E-state index is 0.176. The van der Waals surface area contributed by atoms with Gasteiger partial charge in [-0.2, -0.15) is 0 Å². The Morgan fingerprint density at radius 2 is 1.94 bits per heavy atom. The molecule has 6 nitrogen and oxygen atoms in total. The number of thiophene rings is 1. The van der Waals surface area contributed by atoms with Crippen molar-refractivity contribution < 1.29 is 19.1 Å². The lowest BCUT2D eigenvalue weighted by Gasteiger charge is -2.16. The number of hydrogen-bond acceptors (Lipinski definition) is 6. The van der Waals surface area contributed by atoms with E-state index >= 15 is 0 Å². The molecule has 0 aromatic carbocycles. The van der Waals surface area contributed by atoms with E-state index in [9.17, 15) is 14.4 Å². The molecule has 1 aliphatic carbocycles. The van der Waals surface area contributed by atoms with E-state index in [0.717, 1.165) is 65.0 Å². The zero-order valence-corrected chi connectivity index (χ0v) is 20.7. The second-order valence-corrected chi connectivity index (χ2v) is 10.5. The summed E-state index contributed by atoms with van der Waals surface area (Å²) in [5.41, 5.74) is 4.59. The highest BCUT2D eigenvalue weighted by Crippen LogP contribution is 2.40. The molecule has 2 amide bonds. The molecule has 0 spiro atoms. The molecule has 8 heteroatoms. The van der Waals surface area contributed by atoms with Crippen molar-refractivity contribution in [3.05, 3.63) is 43.9 Å². The Labute approximate surface area is 196 Å². The fourth-order valence-corrected chi connectivity index (χ4v) is 6.87.